The smallest absolute Gasteiger partial charge is 0.258 e. The maximum absolute atomic E-state index is 13.1. The van der Waals surface area contributed by atoms with Gasteiger partial charge in [-0.25, -0.2) is 0 Å². The Morgan fingerprint density at radius 2 is 1.75 bits per heavy atom. The highest BCUT2D eigenvalue weighted by Crippen LogP contribution is 2.29. The molecule has 2 heterocycles. The lowest BCUT2D eigenvalue weighted by molar-refractivity contribution is 0.0985. The maximum atomic E-state index is 13.1. The molecule has 4 heteroatoms. The largest absolute Gasteiger partial charge is 0.345 e. The van der Waals surface area contributed by atoms with Crippen LogP contribution in [-0.2, 0) is 13.1 Å². The molecule has 0 bridgehead atoms. The van der Waals surface area contributed by atoms with E-state index in [1.807, 2.05) is 41.4 Å². The fourth-order valence-corrected chi connectivity index (χ4v) is 3.11. The summed E-state index contributed by atoms with van der Waals surface area (Å²) in [5.74, 6) is -0.0541. The number of hydrogen-bond acceptors (Lipinski definition) is 2. The molecule has 0 aliphatic carbocycles. The quantitative estimate of drug-likeness (QED) is 0.689. The fraction of sp³-hybridized carbons (Fsp3) is 0.100. The van der Waals surface area contributed by atoms with Gasteiger partial charge >= 0.3 is 0 Å². The van der Waals surface area contributed by atoms with E-state index < -0.39 is 0 Å². The number of benzene rings is 2. The summed E-state index contributed by atoms with van der Waals surface area (Å²) in [6, 6.07) is 20.9. The van der Waals surface area contributed by atoms with E-state index in [-0.39, 0.29) is 5.91 Å². The average molecular weight is 313 g/mol. The van der Waals surface area contributed by atoms with Crippen molar-refractivity contribution in [3.63, 3.8) is 0 Å². The topological polar surface area (TPSA) is 49.0 Å². The first-order valence-corrected chi connectivity index (χ1v) is 7.80. The zero-order valence-corrected chi connectivity index (χ0v) is 13.0. The van der Waals surface area contributed by atoms with Crippen molar-refractivity contribution in [3.05, 3.63) is 89.2 Å². The number of hydrogen-bond donors (Lipinski definition) is 0. The minimum Gasteiger partial charge on any atom is -0.345 e. The summed E-state index contributed by atoms with van der Waals surface area (Å²) in [4.78, 5) is 14.9. The summed E-state index contributed by atoms with van der Waals surface area (Å²) in [6.45, 7) is 1.29. The van der Waals surface area contributed by atoms with Gasteiger partial charge in [0.2, 0.25) is 0 Å². The van der Waals surface area contributed by atoms with Gasteiger partial charge in [0.15, 0.2) is 0 Å². The highest BCUT2D eigenvalue weighted by Gasteiger charge is 2.24. The van der Waals surface area contributed by atoms with E-state index in [0.29, 0.717) is 17.7 Å². The average Bonchev–Trinajstić information content (AvgIpc) is 3.00. The Kier molecular flexibility index (Phi) is 3.40. The molecule has 3 aromatic rings. The summed E-state index contributed by atoms with van der Waals surface area (Å²) in [5.41, 5.74) is 4.30. The molecule has 1 aromatic heterocycles. The van der Waals surface area contributed by atoms with Gasteiger partial charge in [-0.3, -0.25) is 4.79 Å². The standard InChI is InChI=1S/C20H15N3O/c21-12-15-7-9-16(10-8-15)20(24)23-14-18-5-3-11-22(18)13-17-4-1-2-6-19(17)23/h1-11H,13-14H2. The first-order chi connectivity index (χ1) is 11.8. The van der Waals surface area contributed by atoms with Crippen LogP contribution >= 0.6 is 0 Å². The van der Waals surface area contributed by atoms with Crippen molar-refractivity contribution in [2.45, 2.75) is 13.1 Å². The van der Waals surface area contributed by atoms with Crippen LogP contribution in [0.15, 0.2) is 66.9 Å². The highest BCUT2D eigenvalue weighted by molar-refractivity contribution is 6.06. The van der Waals surface area contributed by atoms with E-state index in [9.17, 15) is 4.79 Å². The van der Waals surface area contributed by atoms with Crippen LogP contribution < -0.4 is 4.90 Å². The molecule has 4 nitrogen and oxygen atoms in total. The second-order valence-corrected chi connectivity index (χ2v) is 5.84. The number of carbonyl (C=O) groups excluding carboxylic acids is 1. The number of rotatable bonds is 1. The second kappa shape index (κ2) is 5.71. The van der Waals surface area contributed by atoms with Crippen LogP contribution in [0.4, 0.5) is 5.69 Å². The molecular formula is C20H15N3O. The van der Waals surface area contributed by atoms with E-state index in [2.05, 4.69) is 16.7 Å². The number of nitrogens with zero attached hydrogens (tertiary/aromatic N) is 3. The molecule has 0 N–H and O–H groups in total. The molecule has 4 rings (SSSR count). The molecular weight excluding hydrogens is 298 g/mol. The minimum absolute atomic E-state index is 0.0541. The van der Waals surface area contributed by atoms with E-state index in [0.717, 1.165) is 23.5 Å². The van der Waals surface area contributed by atoms with Crippen molar-refractivity contribution in [3.8, 4) is 6.07 Å². The van der Waals surface area contributed by atoms with Crippen molar-refractivity contribution in [2.75, 3.05) is 4.90 Å². The van der Waals surface area contributed by atoms with Crippen LogP contribution in [0.1, 0.15) is 27.2 Å². The molecule has 2 aromatic carbocycles. The van der Waals surface area contributed by atoms with Crippen molar-refractivity contribution >= 4 is 11.6 Å². The Morgan fingerprint density at radius 3 is 2.54 bits per heavy atom. The van der Waals surface area contributed by atoms with E-state index in [4.69, 9.17) is 5.26 Å². The first kappa shape index (κ1) is 14.3. The Morgan fingerprint density at radius 1 is 0.958 bits per heavy atom. The predicted molar refractivity (Wildman–Crippen MR) is 91.6 cm³/mol. The van der Waals surface area contributed by atoms with Gasteiger partial charge in [0, 0.05) is 29.7 Å². The molecule has 116 valence electrons. The van der Waals surface area contributed by atoms with Crippen LogP contribution in [0.25, 0.3) is 0 Å². The molecule has 24 heavy (non-hydrogen) atoms. The summed E-state index contributed by atoms with van der Waals surface area (Å²) >= 11 is 0. The highest BCUT2D eigenvalue weighted by atomic mass is 16.2. The lowest BCUT2D eigenvalue weighted by atomic mass is 10.1. The van der Waals surface area contributed by atoms with Crippen molar-refractivity contribution < 1.29 is 4.79 Å². The van der Waals surface area contributed by atoms with Gasteiger partial charge in [0.1, 0.15) is 0 Å². The zero-order chi connectivity index (χ0) is 16.5. The zero-order valence-electron chi connectivity index (χ0n) is 13.0. The number of para-hydroxylation sites is 1. The second-order valence-electron chi connectivity index (χ2n) is 5.84. The molecule has 0 spiro atoms. The summed E-state index contributed by atoms with van der Waals surface area (Å²) in [5, 5.41) is 8.92. The van der Waals surface area contributed by atoms with Crippen molar-refractivity contribution in [2.24, 2.45) is 0 Å². The Bertz CT molecular complexity index is 948. The number of fused-ring (bicyclic) bond motifs is 2. The normalized spacial score (nSPS) is 12.7. The monoisotopic (exact) mass is 313 g/mol. The molecule has 0 radical (unpaired) electrons. The lowest BCUT2D eigenvalue weighted by Gasteiger charge is -2.22. The number of amides is 1. The van der Waals surface area contributed by atoms with Crippen LogP contribution in [0.5, 0.6) is 0 Å². The van der Waals surface area contributed by atoms with Crippen LogP contribution in [-0.4, -0.2) is 10.5 Å². The predicted octanol–water partition coefficient (Wildman–Crippen LogP) is 3.57. The Balaban J connectivity index is 1.78. The molecule has 0 fully saturated rings. The number of aromatic nitrogens is 1. The summed E-state index contributed by atoms with van der Waals surface area (Å²) in [7, 11) is 0. The summed E-state index contributed by atoms with van der Waals surface area (Å²) in [6.07, 6.45) is 2.04. The number of nitriles is 1. The van der Waals surface area contributed by atoms with Gasteiger partial charge < -0.3 is 9.47 Å². The molecule has 0 unspecified atom stereocenters. The fourth-order valence-electron chi connectivity index (χ4n) is 3.11. The SMILES string of the molecule is N#Cc1ccc(C(=O)N2Cc3cccn3Cc3ccccc32)cc1. The van der Waals surface area contributed by atoms with Gasteiger partial charge in [0.05, 0.1) is 18.2 Å². The van der Waals surface area contributed by atoms with Gasteiger partial charge in [-0.05, 0) is 48.0 Å². The van der Waals surface area contributed by atoms with Gasteiger partial charge in [0.25, 0.3) is 5.91 Å². The van der Waals surface area contributed by atoms with E-state index in [1.54, 1.807) is 24.3 Å². The molecule has 1 amide bonds. The van der Waals surface area contributed by atoms with Crippen molar-refractivity contribution in [1.82, 2.24) is 4.57 Å². The third kappa shape index (κ3) is 2.37. The third-order valence-electron chi connectivity index (χ3n) is 4.37. The molecule has 0 saturated carbocycles. The molecule has 0 atom stereocenters. The van der Waals surface area contributed by atoms with E-state index >= 15 is 0 Å². The van der Waals surface area contributed by atoms with Gasteiger partial charge in [-0.2, -0.15) is 5.26 Å². The molecule has 1 aliphatic heterocycles. The lowest BCUT2D eigenvalue weighted by Crippen LogP contribution is -2.30. The Hall–Kier alpha value is -3.32. The summed E-state index contributed by atoms with van der Waals surface area (Å²) < 4.78 is 2.17. The van der Waals surface area contributed by atoms with Gasteiger partial charge in [-0.15, -0.1) is 0 Å². The number of carbonyl (C=O) groups is 1. The van der Waals surface area contributed by atoms with Crippen LogP contribution in [0.3, 0.4) is 0 Å². The van der Waals surface area contributed by atoms with E-state index in [1.165, 1.54) is 0 Å². The first-order valence-electron chi connectivity index (χ1n) is 7.80. The Labute approximate surface area is 140 Å². The van der Waals surface area contributed by atoms with Crippen molar-refractivity contribution in [1.29, 1.82) is 5.26 Å². The van der Waals surface area contributed by atoms with Gasteiger partial charge in [-0.1, -0.05) is 18.2 Å². The van der Waals surface area contributed by atoms with Crippen LogP contribution in [0, 0.1) is 11.3 Å². The third-order valence-corrected chi connectivity index (χ3v) is 4.37. The van der Waals surface area contributed by atoms with Crippen LogP contribution in [0.2, 0.25) is 0 Å². The maximum Gasteiger partial charge on any atom is 0.258 e. The number of anilines is 1. The molecule has 1 aliphatic rings. The molecule has 0 saturated heterocycles. The minimum atomic E-state index is -0.0541.